The van der Waals surface area contributed by atoms with Crippen molar-refractivity contribution in [2.45, 2.75) is 60.3 Å². The molecule has 0 saturated heterocycles. The van der Waals surface area contributed by atoms with Gasteiger partial charge in [-0.05, 0) is 102 Å². The first-order valence-electron chi connectivity index (χ1n) is 18.4. The number of hydrogen-bond acceptors (Lipinski definition) is 2. The highest BCUT2D eigenvalue weighted by atomic mass is 32.1. The minimum atomic E-state index is 0.312. The van der Waals surface area contributed by atoms with E-state index in [-0.39, 0.29) is 0 Å². The van der Waals surface area contributed by atoms with Gasteiger partial charge in [-0.25, -0.2) is 9.55 Å². The van der Waals surface area contributed by atoms with Gasteiger partial charge in [-0.3, -0.25) is 0 Å². The van der Waals surface area contributed by atoms with Gasteiger partial charge in [0.15, 0.2) is 11.0 Å². The van der Waals surface area contributed by atoms with Crippen LogP contribution in [0.3, 0.4) is 0 Å². The second kappa shape index (κ2) is 13.3. The molecule has 4 heteroatoms. The monoisotopic (exact) mass is 696 g/mol. The first-order chi connectivity index (χ1) is 25.1. The summed E-state index contributed by atoms with van der Waals surface area (Å²) in [5.74, 6) is 1.81. The summed E-state index contributed by atoms with van der Waals surface area (Å²) in [5.41, 5.74) is 18.7. The summed E-state index contributed by atoms with van der Waals surface area (Å²) in [4.78, 5) is 5.36. The van der Waals surface area contributed by atoms with Crippen molar-refractivity contribution in [3.8, 4) is 49.9 Å². The molecule has 2 aromatic heterocycles. The van der Waals surface area contributed by atoms with E-state index < -0.39 is 0 Å². The molecular formula is C48H46N3S+. The average molecular weight is 697 g/mol. The number of benzene rings is 6. The molecule has 0 saturated carbocycles. The van der Waals surface area contributed by atoms with Gasteiger partial charge in [0.05, 0.1) is 22.8 Å². The van der Waals surface area contributed by atoms with Crippen LogP contribution in [-0.4, -0.2) is 9.55 Å². The molecule has 0 aliphatic rings. The van der Waals surface area contributed by atoms with Gasteiger partial charge in [0.25, 0.3) is 5.82 Å². The van der Waals surface area contributed by atoms with Crippen molar-refractivity contribution in [1.29, 1.82) is 0 Å². The molecule has 0 aliphatic carbocycles. The Hall–Kier alpha value is -5.32. The molecule has 2 heterocycles. The molecule has 0 aliphatic heterocycles. The average Bonchev–Trinajstić information content (AvgIpc) is 3.69. The topological polar surface area (TPSA) is 21.7 Å². The summed E-state index contributed by atoms with van der Waals surface area (Å²) >= 11 is 1.82. The van der Waals surface area contributed by atoms with E-state index in [9.17, 15) is 0 Å². The van der Waals surface area contributed by atoms with Gasteiger partial charge >= 0.3 is 0 Å². The second-order valence-corrected chi connectivity index (χ2v) is 15.9. The van der Waals surface area contributed by atoms with Gasteiger partial charge in [0, 0.05) is 16.7 Å². The van der Waals surface area contributed by atoms with Crippen LogP contribution in [0.25, 0.3) is 71.2 Å². The van der Waals surface area contributed by atoms with Crippen LogP contribution in [0.1, 0.15) is 67.3 Å². The number of nitrogens with zero attached hydrogens (tertiary/aromatic N) is 3. The van der Waals surface area contributed by atoms with Crippen molar-refractivity contribution < 1.29 is 4.57 Å². The SMILES string of the molecule is Cc1cc(-c2ccccc2)cc(C)c1-c1nc2ccc(C)c(-c3n(-c4c(C(C)C)cc(-c5ccccc5)cc4C(C)C)c4ccccc4[n+]3C)c2s1. The number of hydrogen-bond donors (Lipinski definition) is 0. The summed E-state index contributed by atoms with van der Waals surface area (Å²) in [7, 11) is 2.23. The molecule has 0 fully saturated rings. The maximum absolute atomic E-state index is 5.36. The van der Waals surface area contributed by atoms with E-state index >= 15 is 0 Å². The van der Waals surface area contributed by atoms with Crippen molar-refractivity contribution in [2.75, 3.05) is 0 Å². The molecule has 0 bridgehead atoms. The van der Waals surface area contributed by atoms with Gasteiger partial charge in [0.1, 0.15) is 10.7 Å². The number of thiazole rings is 1. The molecule has 0 N–H and O–H groups in total. The van der Waals surface area contributed by atoms with Gasteiger partial charge < -0.3 is 0 Å². The lowest BCUT2D eigenvalue weighted by molar-refractivity contribution is -0.633. The van der Waals surface area contributed by atoms with Gasteiger partial charge in [-0.2, -0.15) is 4.57 Å². The largest absolute Gasteiger partial charge is 0.296 e. The van der Waals surface area contributed by atoms with Gasteiger partial charge in [-0.15, -0.1) is 11.3 Å². The predicted octanol–water partition coefficient (Wildman–Crippen LogP) is 12.9. The van der Waals surface area contributed by atoms with E-state index in [1.165, 1.54) is 88.4 Å². The number of para-hydroxylation sites is 2. The van der Waals surface area contributed by atoms with E-state index in [1.807, 2.05) is 11.3 Å². The molecule has 0 atom stereocenters. The van der Waals surface area contributed by atoms with Gasteiger partial charge in [-0.1, -0.05) is 119 Å². The third-order valence-electron chi connectivity index (χ3n) is 10.6. The summed E-state index contributed by atoms with van der Waals surface area (Å²) in [5, 5.41) is 1.07. The van der Waals surface area contributed by atoms with E-state index in [2.05, 4.69) is 186 Å². The van der Waals surface area contributed by atoms with Crippen LogP contribution in [0.4, 0.5) is 0 Å². The third kappa shape index (κ3) is 5.66. The lowest BCUT2D eigenvalue weighted by atomic mass is 9.88. The van der Waals surface area contributed by atoms with Crippen LogP contribution in [0.2, 0.25) is 0 Å². The standard InChI is InChI=1S/C48H46N3S/c1-29(2)38-27-37(35-19-13-10-14-20-35)28-39(30(3)4)45(38)51-42-22-16-15-21-41(42)50(8)48(51)44-31(5)23-24-40-46(44)52-47(49-40)43-32(6)25-36(26-33(43)7)34-17-11-9-12-18-34/h9-30H,1-8H3/q+1. The van der Waals surface area contributed by atoms with Crippen molar-refractivity contribution in [2.24, 2.45) is 7.05 Å². The number of aryl methyl sites for hydroxylation is 4. The van der Waals surface area contributed by atoms with Crippen molar-refractivity contribution in [3.05, 3.63) is 149 Å². The van der Waals surface area contributed by atoms with E-state index in [0.29, 0.717) is 11.8 Å². The van der Waals surface area contributed by atoms with Crippen LogP contribution in [0.5, 0.6) is 0 Å². The molecule has 0 radical (unpaired) electrons. The summed E-state index contributed by atoms with van der Waals surface area (Å²) in [6, 6.07) is 44.3. The Bertz CT molecular complexity index is 2550. The Balaban J connectivity index is 1.41. The van der Waals surface area contributed by atoms with Crippen LogP contribution in [-0.2, 0) is 7.05 Å². The molecule has 52 heavy (non-hydrogen) atoms. The van der Waals surface area contributed by atoms with Crippen molar-refractivity contribution in [1.82, 2.24) is 9.55 Å². The fraction of sp³-hybridized carbons (Fsp3) is 0.208. The fourth-order valence-corrected chi connectivity index (χ4v) is 9.34. The first kappa shape index (κ1) is 33.8. The molecular weight excluding hydrogens is 651 g/mol. The highest BCUT2D eigenvalue weighted by molar-refractivity contribution is 7.22. The lowest BCUT2D eigenvalue weighted by Gasteiger charge is -2.21. The fourth-order valence-electron chi connectivity index (χ4n) is 8.01. The molecule has 8 rings (SSSR count). The molecule has 6 aromatic carbocycles. The maximum atomic E-state index is 5.36. The van der Waals surface area contributed by atoms with Crippen molar-refractivity contribution in [3.63, 3.8) is 0 Å². The van der Waals surface area contributed by atoms with E-state index in [1.54, 1.807) is 0 Å². The maximum Gasteiger partial charge on any atom is 0.296 e. The van der Waals surface area contributed by atoms with Crippen molar-refractivity contribution >= 4 is 32.6 Å². The van der Waals surface area contributed by atoms with Crippen LogP contribution < -0.4 is 4.57 Å². The summed E-state index contributed by atoms with van der Waals surface area (Å²) < 4.78 is 6.20. The quantitative estimate of drug-likeness (QED) is 0.152. The van der Waals surface area contributed by atoms with E-state index in [4.69, 9.17) is 4.98 Å². The summed E-state index contributed by atoms with van der Waals surface area (Å²) in [6.45, 7) is 16.0. The minimum Gasteiger partial charge on any atom is -0.236 e. The molecule has 0 unspecified atom stereocenters. The predicted molar refractivity (Wildman–Crippen MR) is 222 cm³/mol. The minimum absolute atomic E-state index is 0.312. The Morgan fingerprint density at radius 3 is 1.69 bits per heavy atom. The lowest BCUT2D eigenvalue weighted by Crippen LogP contribution is -2.30. The smallest absolute Gasteiger partial charge is 0.236 e. The zero-order chi connectivity index (χ0) is 36.3. The highest BCUT2D eigenvalue weighted by Crippen LogP contribution is 2.44. The molecule has 3 nitrogen and oxygen atoms in total. The number of fused-ring (bicyclic) bond motifs is 2. The number of rotatable bonds is 7. The normalized spacial score (nSPS) is 11.8. The molecule has 0 amide bonds. The zero-order valence-electron chi connectivity index (χ0n) is 31.5. The van der Waals surface area contributed by atoms with Gasteiger partial charge in [0.2, 0.25) is 0 Å². The Labute approximate surface area is 311 Å². The Morgan fingerprint density at radius 2 is 1.12 bits per heavy atom. The summed E-state index contributed by atoms with van der Waals surface area (Å²) in [6.07, 6.45) is 0. The Kier molecular flexibility index (Phi) is 8.67. The second-order valence-electron chi connectivity index (χ2n) is 14.9. The highest BCUT2D eigenvalue weighted by Gasteiger charge is 2.33. The first-order valence-corrected chi connectivity index (χ1v) is 19.2. The van der Waals surface area contributed by atoms with Crippen LogP contribution in [0, 0.1) is 20.8 Å². The van der Waals surface area contributed by atoms with E-state index in [0.717, 1.165) is 10.5 Å². The van der Waals surface area contributed by atoms with Crippen LogP contribution >= 0.6 is 11.3 Å². The zero-order valence-corrected chi connectivity index (χ0v) is 32.3. The molecule has 258 valence electrons. The number of aromatic nitrogens is 3. The molecule has 8 aromatic rings. The van der Waals surface area contributed by atoms with Crippen LogP contribution in [0.15, 0.2) is 121 Å². The number of imidazole rings is 1. The third-order valence-corrected chi connectivity index (χ3v) is 11.7. The molecule has 0 spiro atoms. The Morgan fingerprint density at radius 1 is 0.577 bits per heavy atom.